The van der Waals surface area contributed by atoms with Gasteiger partial charge in [0.05, 0.1) is 7.11 Å². The lowest BCUT2D eigenvalue weighted by Gasteiger charge is -2.18. The number of likely N-dealkylation sites (tertiary alicyclic amines) is 1. The number of methoxy groups -OCH3 is 1. The lowest BCUT2D eigenvalue weighted by molar-refractivity contribution is -0.137. The number of rotatable bonds is 7. The minimum absolute atomic E-state index is 0.0517. The fourth-order valence-corrected chi connectivity index (χ4v) is 2.63. The van der Waals surface area contributed by atoms with Gasteiger partial charge in [-0.2, -0.15) is 0 Å². The van der Waals surface area contributed by atoms with E-state index in [-0.39, 0.29) is 18.6 Å². The minimum Gasteiger partial charge on any atom is -0.493 e. The second-order valence-corrected chi connectivity index (χ2v) is 5.74. The molecule has 1 heterocycles. The van der Waals surface area contributed by atoms with Gasteiger partial charge in [-0.3, -0.25) is 4.79 Å². The summed E-state index contributed by atoms with van der Waals surface area (Å²) in [5, 5.41) is 8.73. The molecule has 1 aromatic carbocycles. The van der Waals surface area contributed by atoms with Crippen LogP contribution in [0.25, 0.3) is 0 Å². The average molecular weight is 308 g/mol. The second-order valence-electron chi connectivity index (χ2n) is 5.74. The molecule has 0 amide bonds. The highest BCUT2D eigenvalue weighted by Gasteiger charge is 2.22. The van der Waals surface area contributed by atoms with Crippen LogP contribution in [0.4, 0.5) is 0 Å². The predicted octanol–water partition coefficient (Wildman–Crippen LogP) is 1.64. The smallest absolute Gasteiger partial charge is 0.303 e. The van der Waals surface area contributed by atoms with Crippen LogP contribution >= 0.6 is 0 Å². The number of hydrogen-bond acceptors (Lipinski definition) is 5. The molecule has 0 aliphatic carbocycles. The molecule has 0 bridgehead atoms. The van der Waals surface area contributed by atoms with Crippen LogP contribution in [0.5, 0.6) is 11.5 Å². The Bertz CT molecular complexity index is 521. The molecule has 1 fully saturated rings. The highest BCUT2D eigenvalue weighted by Crippen LogP contribution is 2.32. The van der Waals surface area contributed by atoms with E-state index in [2.05, 4.69) is 11.9 Å². The van der Waals surface area contributed by atoms with Crippen LogP contribution in [0.2, 0.25) is 0 Å². The predicted molar refractivity (Wildman–Crippen MR) is 83.3 cm³/mol. The van der Waals surface area contributed by atoms with Crippen molar-refractivity contribution in [3.8, 4) is 11.5 Å². The van der Waals surface area contributed by atoms with Crippen LogP contribution in [0.1, 0.15) is 30.9 Å². The summed E-state index contributed by atoms with van der Waals surface area (Å²) < 4.78 is 11.4. The Kier molecular flexibility index (Phi) is 5.63. The number of carbonyl (C=O) groups is 1. The molecule has 1 aliphatic heterocycles. The molecule has 2 rings (SSSR count). The van der Waals surface area contributed by atoms with Crippen LogP contribution < -0.4 is 15.2 Å². The summed E-state index contributed by atoms with van der Waals surface area (Å²) in [6, 6.07) is 5.24. The Balaban J connectivity index is 2.05. The number of likely N-dealkylation sites (N-methyl/N-ethyl adjacent to an activating group) is 1. The Hall–Kier alpha value is -1.79. The zero-order valence-electron chi connectivity index (χ0n) is 13.1. The number of nitrogens with two attached hydrogens (primary N) is 1. The fraction of sp³-hybridized carbons (Fsp3) is 0.562. The Morgan fingerprint density at radius 3 is 2.86 bits per heavy atom. The van der Waals surface area contributed by atoms with E-state index in [9.17, 15) is 4.79 Å². The van der Waals surface area contributed by atoms with Crippen molar-refractivity contribution in [1.29, 1.82) is 0 Å². The van der Waals surface area contributed by atoms with Gasteiger partial charge in [-0.15, -0.1) is 0 Å². The third-order valence-electron chi connectivity index (χ3n) is 3.93. The second kappa shape index (κ2) is 7.47. The van der Waals surface area contributed by atoms with Crippen molar-refractivity contribution < 1.29 is 19.4 Å². The van der Waals surface area contributed by atoms with Crippen molar-refractivity contribution in [2.75, 3.05) is 27.2 Å². The van der Waals surface area contributed by atoms with Crippen LogP contribution in [-0.2, 0) is 4.79 Å². The average Bonchev–Trinajstić information content (AvgIpc) is 2.90. The van der Waals surface area contributed by atoms with Gasteiger partial charge < -0.3 is 25.2 Å². The van der Waals surface area contributed by atoms with Gasteiger partial charge in [0.15, 0.2) is 11.5 Å². The summed E-state index contributed by atoms with van der Waals surface area (Å²) in [5.41, 5.74) is 6.89. The molecule has 122 valence electrons. The lowest BCUT2D eigenvalue weighted by Crippen LogP contribution is -2.21. The molecule has 1 aromatic rings. The maximum absolute atomic E-state index is 10.6. The number of carboxylic acids is 1. The van der Waals surface area contributed by atoms with Gasteiger partial charge in [-0.05, 0) is 37.6 Å². The summed E-state index contributed by atoms with van der Waals surface area (Å²) >= 11 is 0. The van der Waals surface area contributed by atoms with Crippen molar-refractivity contribution >= 4 is 5.97 Å². The minimum atomic E-state index is -0.840. The summed E-state index contributed by atoms with van der Waals surface area (Å²) in [6.07, 6.45) is 1.62. The van der Waals surface area contributed by atoms with Gasteiger partial charge >= 0.3 is 5.97 Å². The molecule has 0 spiro atoms. The first-order valence-electron chi connectivity index (χ1n) is 7.50. The number of aliphatic carboxylic acids is 1. The van der Waals surface area contributed by atoms with Crippen molar-refractivity contribution in [2.24, 2.45) is 5.73 Å². The molecule has 6 heteroatoms. The maximum Gasteiger partial charge on any atom is 0.303 e. The summed E-state index contributed by atoms with van der Waals surface area (Å²) in [7, 11) is 3.67. The van der Waals surface area contributed by atoms with Gasteiger partial charge in [-0.1, -0.05) is 6.07 Å². The van der Waals surface area contributed by atoms with E-state index in [1.54, 1.807) is 7.11 Å². The van der Waals surface area contributed by atoms with E-state index in [4.69, 9.17) is 20.3 Å². The van der Waals surface area contributed by atoms with E-state index in [1.807, 2.05) is 18.2 Å². The molecular weight excluding hydrogens is 284 g/mol. The summed E-state index contributed by atoms with van der Waals surface area (Å²) in [6.45, 7) is 1.94. The summed E-state index contributed by atoms with van der Waals surface area (Å²) in [4.78, 5) is 12.9. The van der Waals surface area contributed by atoms with E-state index in [1.165, 1.54) is 0 Å². The Morgan fingerprint density at radius 1 is 1.50 bits per heavy atom. The zero-order chi connectivity index (χ0) is 16.1. The van der Waals surface area contributed by atoms with Crippen LogP contribution in [0.15, 0.2) is 18.2 Å². The standard InChI is InChI=1S/C16H24N2O4/c1-18-8-7-12(10-18)22-14-5-3-11(9-15(14)21-2)13(17)4-6-16(19)20/h3,5,9,12-13H,4,6-8,10,17H2,1-2H3,(H,19,20). The van der Waals surface area contributed by atoms with E-state index >= 15 is 0 Å². The molecule has 0 saturated carbocycles. The van der Waals surface area contributed by atoms with E-state index in [0.717, 1.165) is 25.1 Å². The first-order valence-corrected chi connectivity index (χ1v) is 7.50. The Labute approximate surface area is 130 Å². The highest BCUT2D eigenvalue weighted by atomic mass is 16.5. The number of hydrogen-bond donors (Lipinski definition) is 2. The molecule has 2 atom stereocenters. The fourth-order valence-electron chi connectivity index (χ4n) is 2.63. The lowest BCUT2D eigenvalue weighted by atomic mass is 10.0. The monoisotopic (exact) mass is 308 g/mol. The first kappa shape index (κ1) is 16.6. The Morgan fingerprint density at radius 2 is 2.27 bits per heavy atom. The van der Waals surface area contributed by atoms with Gasteiger partial charge in [0.25, 0.3) is 0 Å². The quantitative estimate of drug-likeness (QED) is 0.796. The zero-order valence-corrected chi connectivity index (χ0v) is 13.1. The van der Waals surface area contributed by atoms with Crippen LogP contribution in [-0.4, -0.2) is 49.3 Å². The van der Waals surface area contributed by atoms with Gasteiger partial charge in [0.2, 0.25) is 0 Å². The molecule has 22 heavy (non-hydrogen) atoms. The molecule has 3 N–H and O–H groups in total. The maximum atomic E-state index is 10.6. The molecule has 0 aromatic heterocycles. The third kappa shape index (κ3) is 4.35. The molecular formula is C16H24N2O4. The number of ether oxygens (including phenoxy) is 2. The van der Waals surface area contributed by atoms with Gasteiger partial charge in [0, 0.05) is 25.6 Å². The van der Waals surface area contributed by atoms with Crippen molar-refractivity contribution in [1.82, 2.24) is 4.90 Å². The van der Waals surface area contributed by atoms with Crippen molar-refractivity contribution in [2.45, 2.75) is 31.4 Å². The SMILES string of the molecule is COc1cc(C(N)CCC(=O)O)ccc1OC1CCN(C)C1. The normalized spacial score (nSPS) is 19.9. The first-order chi connectivity index (χ1) is 10.5. The van der Waals surface area contributed by atoms with E-state index in [0.29, 0.717) is 17.9 Å². The molecule has 1 aliphatic rings. The summed E-state index contributed by atoms with van der Waals surface area (Å²) in [5.74, 6) is 0.502. The number of carboxylic acid groups (broad SMARTS) is 1. The van der Waals surface area contributed by atoms with Crippen LogP contribution in [0, 0.1) is 0 Å². The largest absolute Gasteiger partial charge is 0.493 e. The third-order valence-corrected chi connectivity index (χ3v) is 3.93. The highest BCUT2D eigenvalue weighted by molar-refractivity contribution is 5.66. The molecule has 1 saturated heterocycles. The van der Waals surface area contributed by atoms with E-state index < -0.39 is 5.97 Å². The topological polar surface area (TPSA) is 85.0 Å². The number of benzene rings is 1. The molecule has 6 nitrogen and oxygen atoms in total. The van der Waals surface area contributed by atoms with Crippen LogP contribution in [0.3, 0.4) is 0 Å². The molecule has 0 radical (unpaired) electrons. The number of nitrogens with zero attached hydrogens (tertiary/aromatic N) is 1. The van der Waals surface area contributed by atoms with Crippen molar-refractivity contribution in [3.05, 3.63) is 23.8 Å². The van der Waals surface area contributed by atoms with Crippen molar-refractivity contribution in [3.63, 3.8) is 0 Å². The van der Waals surface area contributed by atoms with Gasteiger partial charge in [-0.25, -0.2) is 0 Å². The van der Waals surface area contributed by atoms with Gasteiger partial charge in [0.1, 0.15) is 6.10 Å². The molecule has 2 unspecified atom stereocenters.